The molecule has 0 aliphatic rings. The first kappa shape index (κ1) is 24.4. The lowest BCUT2D eigenvalue weighted by atomic mass is 10.1. The van der Waals surface area contributed by atoms with Gasteiger partial charge in [0.1, 0.15) is 22.8 Å². The van der Waals surface area contributed by atoms with E-state index in [1.165, 1.54) is 19.2 Å². The number of methoxy groups -OCH3 is 2. The number of carbonyl (C=O) groups is 2. The second kappa shape index (κ2) is 9.73. The minimum absolute atomic E-state index is 0.0558. The fourth-order valence-corrected chi connectivity index (χ4v) is 2.80. The molecule has 1 heterocycles. The minimum Gasteiger partial charge on any atom is -0.493 e. The van der Waals surface area contributed by atoms with Gasteiger partial charge in [0.2, 0.25) is 0 Å². The van der Waals surface area contributed by atoms with Gasteiger partial charge in [-0.3, -0.25) is 4.79 Å². The van der Waals surface area contributed by atoms with Crippen LogP contribution in [0.1, 0.15) is 26.4 Å². The normalized spacial score (nSPS) is 11.0. The van der Waals surface area contributed by atoms with Gasteiger partial charge in [0.05, 0.1) is 31.7 Å². The summed E-state index contributed by atoms with van der Waals surface area (Å²) in [6.45, 7) is 0. The molecule has 0 saturated carbocycles. The number of halogens is 5. The van der Waals surface area contributed by atoms with Crippen molar-refractivity contribution in [1.82, 2.24) is 4.98 Å². The molecule has 1 amide bonds. The lowest BCUT2D eigenvalue weighted by Crippen LogP contribution is -2.19. The van der Waals surface area contributed by atoms with Gasteiger partial charge in [-0.05, 0) is 36.4 Å². The summed E-state index contributed by atoms with van der Waals surface area (Å²) in [7, 11) is 2.32. The van der Waals surface area contributed by atoms with Crippen LogP contribution in [0.15, 0.2) is 48.7 Å². The van der Waals surface area contributed by atoms with E-state index in [0.717, 1.165) is 37.6 Å². The molecule has 2 aromatic carbocycles. The molecule has 0 saturated heterocycles. The van der Waals surface area contributed by atoms with Crippen LogP contribution >= 0.6 is 0 Å². The summed E-state index contributed by atoms with van der Waals surface area (Å²) in [6.07, 6.45) is -4.08. The molecule has 0 aliphatic heterocycles. The summed E-state index contributed by atoms with van der Waals surface area (Å²) >= 11 is 0. The Bertz CT molecular complexity index is 1230. The molecule has 1 aromatic heterocycles. The number of hydrogen-bond donors (Lipinski definition) is 1. The highest BCUT2D eigenvalue weighted by molar-refractivity contribution is 6.06. The third kappa shape index (κ3) is 5.22. The molecule has 1 N–H and O–H groups in total. The Labute approximate surface area is 189 Å². The highest BCUT2D eigenvalue weighted by Gasteiger charge is 2.37. The van der Waals surface area contributed by atoms with Gasteiger partial charge in [0.15, 0.2) is 17.3 Å². The Kier molecular flexibility index (Phi) is 6.99. The predicted molar refractivity (Wildman–Crippen MR) is 108 cm³/mol. The molecule has 0 aliphatic carbocycles. The number of esters is 1. The number of aromatic nitrogens is 1. The van der Waals surface area contributed by atoms with Crippen LogP contribution in [0.3, 0.4) is 0 Å². The minimum atomic E-state index is -5.10. The SMILES string of the molecule is COC(=O)c1ccc(NC(=O)c2c(Oc3ccc(F)cc3OC)ccc(C(F)(F)F)c2F)cn1. The lowest BCUT2D eigenvalue weighted by molar-refractivity contribution is -0.140. The monoisotopic (exact) mass is 482 g/mol. The van der Waals surface area contributed by atoms with Crippen LogP contribution in [0.2, 0.25) is 0 Å². The zero-order valence-corrected chi connectivity index (χ0v) is 17.5. The summed E-state index contributed by atoms with van der Waals surface area (Å²) in [4.78, 5) is 28.0. The average molecular weight is 482 g/mol. The van der Waals surface area contributed by atoms with Gasteiger partial charge in [-0.15, -0.1) is 0 Å². The summed E-state index contributed by atoms with van der Waals surface area (Å²) in [6, 6.07) is 6.57. The topological polar surface area (TPSA) is 86.8 Å². The summed E-state index contributed by atoms with van der Waals surface area (Å²) in [5, 5.41) is 2.19. The molecule has 12 heteroatoms. The molecule has 3 rings (SSSR count). The van der Waals surface area contributed by atoms with Gasteiger partial charge in [-0.1, -0.05) is 0 Å². The van der Waals surface area contributed by atoms with Crippen LogP contribution in [0.5, 0.6) is 17.2 Å². The number of nitrogens with zero attached hydrogens (tertiary/aromatic N) is 1. The van der Waals surface area contributed by atoms with E-state index in [0.29, 0.717) is 6.07 Å². The Morgan fingerprint density at radius 1 is 0.941 bits per heavy atom. The highest BCUT2D eigenvalue weighted by Crippen LogP contribution is 2.39. The van der Waals surface area contributed by atoms with Crippen LogP contribution in [-0.4, -0.2) is 31.1 Å². The third-order valence-electron chi connectivity index (χ3n) is 4.40. The summed E-state index contributed by atoms with van der Waals surface area (Å²) in [5.41, 5.74) is -2.92. The molecule has 7 nitrogen and oxygen atoms in total. The molecule has 0 bridgehead atoms. The van der Waals surface area contributed by atoms with Gasteiger partial charge >= 0.3 is 12.1 Å². The van der Waals surface area contributed by atoms with Crippen molar-refractivity contribution in [3.05, 3.63) is 77.1 Å². The van der Waals surface area contributed by atoms with E-state index >= 15 is 0 Å². The molecule has 3 aromatic rings. The Hall–Kier alpha value is -4.22. The predicted octanol–water partition coefficient (Wildman–Crippen LogP) is 5.22. The number of amides is 1. The average Bonchev–Trinajstić information content (AvgIpc) is 2.79. The van der Waals surface area contributed by atoms with Crippen LogP contribution in [-0.2, 0) is 10.9 Å². The van der Waals surface area contributed by atoms with Crippen molar-refractivity contribution < 1.29 is 45.8 Å². The molecule has 178 valence electrons. The number of anilines is 1. The maximum atomic E-state index is 14.9. The second-order valence-electron chi connectivity index (χ2n) is 6.57. The summed E-state index contributed by atoms with van der Waals surface area (Å²) in [5.74, 6) is -5.55. The van der Waals surface area contributed by atoms with Gasteiger partial charge in [0, 0.05) is 6.07 Å². The molecule has 0 spiro atoms. The van der Waals surface area contributed by atoms with Gasteiger partial charge in [0.25, 0.3) is 5.91 Å². The quantitative estimate of drug-likeness (QED) is 0.383. The van der Waals surface area contributed by atoms with Gasteiger partial charge < -0.3 is 19.5 Å². The lowest BCUT2D eigenvalue weighted by Gasteiger charge is -2.17. The molecular weight excluding hydrogens is 467 g/mol. The third-order valence-corrected chi connectivity index (χ3v) is 4.40. The standard InChI is InChI=1S/C22H15F5N2O5/c1-32-17-9-11(23)3-7-15(17)34-16-8-5-13(22(25,26)27)19(24)18(16)20(30)29-12-4-6-14(28-10-12)21(31)33-2/h3-10H,1-2H3,(H,29,30). The van der Waals surface area contributed by atoms with Crippen LogP contribution in [0, 0.1) is 11.6 Å². The van der Waals surface area contributed by atoms with Crippen molar-refractivity contribution in [3.8, 4) is 17.2 Å². The largest absolute Gasteiger partial charge is 0.493 e. The van der Waals surface area contributed by atoms with Crippen molar-refractivity contribution >= 4 is 17.6 Å². The van der Waals surface area contributed by atoms with E-state index in [-0.39, 0.29) is 22.9 Å². The first-order valence-corrected chi connectivity index (χ1v) is 9.32. The molecule has 34 heavy (non-hydrogen) atoms. The van der Waals surface area contributed by atoms with E-state index in [4.69, 9.17) is 9.47 Å². The van der Waals surface area contributed by atoms with Crippen molar-refractivity contribution in [2.24, 2.45) is 0 Å². The van der Waals surface area contributed by atoms with E-state index in [1.54, 1.807) is 0 Å². The zero-order valence-electron chi connectivity index (χ0n) is 17.5. The van der Waals surface area contributed by atoms with Crippen LogP contribution < -0.4 is 14.8 Å². The smallest absolute Gasteiger partial charge is 0.419 e. The summed E-state index contributed by atoms with van der Waals surface area (Å²) < 4.78 is 83.0. The number of nitrogens with one attached hydrogen (secondary N) is 1. The first-order chi connectivity index (χ1) is 16.0. The van der Waals surface area contributed by atoms with E-state index < -0.39 is 46.6 Å². The molecule has 0 unspecified atom stereocenters. The zero-order chi connectivity index (χ0) is 25.0. The van der Waals surface area contributed by atoms with Crippen LogP contribution in [0.4, 0.5) is 27.6 Å². The van der Waals surface area contributed by atoms with E-state index in [1.807, 2.05) is 0 Å². The number of benzene rings is 2. The van der Waals surface area contributed by atoms with Crippen LogP contribution in [0.25, 0.3) is 0 Å². The van der Waals surface area contributed by atoms with E-state index in [2.05, 4.69) is 15.0 Å². The fourth-order valence-electron chi connectivity index (χ4n) is 2.80. The molecule has 0 atom stereocenters. The second-order valence-corrected chi connectivity index (χ2v) is 6.57. The molecule has 0 fully saturated rings. The number of carbonyl (C=O) groups excluding carboxylic acids is 2. The molecule has 0 radical (unpaired) electrons. The highest BCUT2D eigenvalue weighted by atomic mass is 19.4. The number of hydrogen-bond acceptors (Lipinski definition) is 6. The maximum Gasteiger partial charge on any atom is 0.419 e. The Morgan fingerprint density at radius 3 is 2.24 bits per heavy atom. The fraction of sp³-hybridized carbons (Fsp3) is 0.136. The Morgan fingerprint density at radius 2 is 1.65 bits per heavy atom. The number of ether oxygens (including phenoxy) is 3. The van der Waals surface area contributed by atoms with Crippen molar-refractivity contribution in [3.63, 3.8) is 0 Å². The van der Waals surface area contributed by atoms with Crippen molar-refractivity contribution in [2.75, 3.05) is 19.5 Å². The van der Waals surface area contributed by atoms with E-state index in [9.17, 15) is 31.5 Å². The number of pyridine rings is 1. The van der Waals surface area contributed by atoms with Crippen molar-refractivity contribution in [1.29, 1.82) is 0 Å². The van der Waals surface area contributed by atoms with Gasteiger partial charge in [-0.2, -0.15) is 13.2 Å². The Balaban J connectivity index is 2.03. The molecular formula is C22H15F5N2O5. The first-order valence-electron chi connectivity index (χ1n) is 9.32. The van der Waals surface area contributed by atoms with Crippen molar-refractivity contribution in [2.45, 2.75) is 6.18 Å². The number of alkyl halides is 3. The maximum absolute atomic E-state index is 14.9. The van der Waals surface area contributed by atoms with Gasteiger partial charge in [-0.25, -0.2) is 18.6 Å². The number of rotatable bonds is 6.